The molecule has 0 aliphatic carbocycles. The van der Waals surface area contributed by atoms with Crippen LogP contribution in [0.2, 0.25) is 0 Å². The van der Waals surface area contributed by atoms with Gasteiger partial charge in [-0.05, 0) is 55.8 Å². The van der Waals surface area contributed by atoms with Crippen LogP contribution in [0.3, 0.4) is 0 Å². The number of hydrazone groups is 1. The minimum absolute atomic E-state index is 0.0331. The Morgan fingerprint density at radius 3 is 2.36 bits per heavy atom. The van der Waals surface area contributed by atoms with Gasteiger partial charge in [0.15, 0.2) is 11.5 Å². The highest BCUT2D eigenvalue weighted by molar-refractivity contribution is 5.85. The zero-order chi connectivity index (χ0) is 26.1. The van der Waals surface area contributed by atoms with E-state index >= 15 is 0 Å². The number of amides is 1. The van der Waals surface area contributed by atoms with Crippen LogP contribution in [0.5, 0.6) is 17.2 Å². The molecule has 1 amide bonds. The van der Waals surface area contributed by atoms with Crippen molar-refractivity contribution in [3.8, 4) is 17.2 Å². The first kappa shape index (κ1) is 25.6. The van der Waals surface area contributed by atoms with Gasteiger partial charge in [-0.1, -0.05) is 17.7 Å². The van der Waals surface area contributed by atoms with E-state index < -0.39 is 21.2 Å². The Bertz CT molecular complexity index is 1290. The molecule has 0 aliphatic rings. The van der Waals surface area contributed by atoms with Crippen molar-refractivity contribution in [3.63, 3.8) is 0 Å². The van der Waals surface area contributed by atoms with E-state index in [9.17, 15) is 25.0 Å². The third kappa shape index (κ3) is 7.00. The van der Waals surface area contributed by atoms with Crippen LogP contribution in [0.4, 0.5) is 17.1 Å². The van der Waals surface area contributed by atoms with Crippen LogP contribution in [0.25, 0.3) is 0 Å². The summed E-state index contributed by atoms with van der Waals surface area (Å²) >= 11 is 0. The number of nitro benzene ring substituents is 2. The lowest BCUT2D eigenvalue weighted by atomic mass is 10.2. The first-order valence-electron chi connectivity index (χ1n) is 10.8. The van der Waals surface area contributed by atoms with E-state index in [0.29, 0.717) is 5.56 Å². The van der Waals surface area contributed by atoms with Crippen LogP contribution >= 0.6 is 0 Å². The molecule has 0 saturated heterocycles. The van der Waals surface area contributed by atoms with Gasteiger partial charge < -0.3 is 14.8 Å². The largest absolute Gasteiger partial charge is 0.490 e. The SMILES string of the molecule is CCOc1cc(/C=N/NC(=O)CNc2ccc(C)cc2)ccc1Oc1ccc([N+](=O)[O-])cc1[N+](=O)[O-]. The number of non-ortho nitro benzene ring substituents is 1. The second kappa shape index (κ2) is 11.9. The van der Waals surface area contributed by atoms with Crippen molar-refractivity contribution >= 4 is 29.2 Å². The number of nitro groups is 2. The maximum atomic E-state index is 12.0. The fourth-order valence-corrected chi connectivity index (χ4v) is 3.00. The lowest BCUT2D eigenvalue weighted by Gasteiger charge is -2.12. The smallest absolute Gasteiger partial charge is 0.318 e. The summed E-state index contributed by atoms with van der Waals surface area (Å²) in [5.41, 5.74) is 3.92. The molecule has 0 saturated carbocycles. The second-order valence-corrected chi connectivity index (χ2v) is 7.42. The number of carbonyl (C=O) groups is 1. The van der Waals surface area contributed by atoms with Gasteiger partial charge in [0.25, 0.3) is 11.6 Å². The number of benzene rings is 3. The molecular formula is C24H23N5O7. The molecule has 3 aromatic carbocycles. The van der Waals surface area contributed by atoms with Crippen molar-refractivity contribution in [2.24, 2.45) is 5.10 Å². The van der Waals surface area contributed by atoms with E-state index in [1.165, 1.54) is 12.3 Å². The van der Waals surface area contributed by atoms with Gasteiger partial charge in [0, 0.05) is 11.8 Å². The molecule has 0 fully saturated rings. The number of nitrogens with zero attached hydrogens (tertiary/aromatic N) is 3. The Labute approximate surface area is 205 Å². The molecule has 12 nitrogen and oxygen atoms in total. The van der Waals surface area contributed by atoms with E-state index in [1.54, 1.807) is 19.1 Å². The molecule has 0 unspecified atom stereocenters. The standard InChI is InChI=1S/C24H23N5O7/c1-3-35-23-12-17(14-26-27-24(30)15-25-18-7-4-16(2)5-8-18)6-10-22(23)36-21-11-9-19(28(31)32)13-20(21)29(33)34/h4-14,25H,3,15H2,1-2H3,(H,27,30)/b26-14+. The van der Waals surface area contributed by atoms with E-state index in [4.69, 9.17) is 9.47 Å². The summed E-state index contributed by atoms with van der Waals surface area (Å²) in [5.74, 6) is -0.0950. The molecule has 0 heterocycles. The van der Waals surface area contributed by atoms with E-state index in [0.717, 1.165) is 29.4 Å². The van der Waals surface area contributed by atoms with Gasteiger partial charge in [-0.3, -0.25) is 25.0 Å². The number of ether oxygens (including phenoxy) is 2. The van der Waals surface area contributed by atoms with Crippen LogP contribution in [-0.4, -0.2) is 35.1 Å². The van der Waals surface area contributed by atoms with Crippen molar-refractivity contribution in [3.05, 3.63) is 92.0 Å². The summed E-state index contributed by atoms with van der Waals surface area (Å²) in [5, 5.41) is 29.2. The Kier molecular flexibility index (Phi) is 8.49. The van der Waals surface area contributed by atoms with E-state index in [2.05, 4.69) is 15.8 Å². The predicted octanol–water partition coefficient (Wildman–Crippen LogP) is 4.56. The maximum absolute atomic E-state index is 12.0. The molecule has 0 bridgehead atoms. The van der Waals surface area contributed by atoms with Gasteiger partial charge in [0.2, 0.25) is 5.75 Å². The number of rotatable bonds is 11. The van der Waals surface area contributed by atoms with Gasteiger partial charge in [-0.25, -0.2) is 5.43 Å². The normalized spacial score (nSPS) is 10.6. The van der Waals surface area contributed by atoms with Crippen LogP contribution in [0, 0.1) is 27.2 Å². The fourth-order valence-electron chi connectivity index (χ4n) is 3.00. The molecule has 0 aliphatic heterocycles. The molecule has 186 valence electrons. The average molecular weight is 493 g/mol. The molecule has 0 atom stereocenters. The van der Waals surface area contributed by atoms with Gasteiger partial charge in [-0.15, -0.1) is 0 Å². The summed E-state index contributed by atoms with van der Waals surface area (Å²) in [7, 11) is 0. The summed E-state index contributed by atoms with van der Waals surface area (Å²) in [6, 6.07) is 15.4. The van der Waals surface area contributed by atoms with Crippen molar-refractivity contribution < 1.29 is 24.1 Å². The Morgan fingerprint density at radius 2 is 1.69 bits per heavy atom. The third-order valence-corrected chi connectivity index (χ3v) is 4.75. The molecule has 0 radical (unpaired) electrons. The highest BCUT2D eigenvalue weighted by Gasteiger charge is 2.22. The highest BCUT2D eigenvalue weighted by atomic mass is 16.6. The van der Waals surface area contributed by atoms with Gasteiger partial charge in [0.1, 0.15) is 0 Å². The summed E-state index contributed by atoms with van der Waals surface area (Å²) in [4.78, 5) is 32.9. The number of hydrogen-bond donors (Lipinski definition) is 2. The molecule has 3 rings (SSSR count). The van der Waals surface area contributed by atoms with Crippen molar-refractivity contribution in [1.82, 2.24) is 5.43 Å². The Hall–Kier alpha value is -5.00. The van der Waals surface area contributed by atoms with E-state index in [-0.39, 0.29) is 36.3 Å². The van der Waals surface area contributed by atoms with Crippen LogP contribution in [0.1, 0.15) is 18.1 Å². The molecule has 0 spiro atoms. The lowest BCUT2D eigenvalue weighted by Crippen LogP contribution is -2.25. The molecule has 2 N–H and O–H groups in total. The summed E-state index contributed by atoms with van der Waals surface area (Å²) < 4.78 is 11.2. The molecule has 0 aromatic heterocycles. The number of nitrogens with one attached hydrogen (secondary N) is 2. The number of aryl methyl sites for hydroxylation is 1. The van der Waals surface area contributed by atoms with Crippen LogP contribution in [-0.2, 0) is 4.79 Å². The van der Waals surface area contributed by atoms with Crippen molar-refractivity contribution in [2.75, 3.05) is 18.5 Å². The van der Waals surface area contributed by atoms with E-state index in [1.807, 2.05) is 31.2 Å². The molecule has 12 heteroatoms. The quantitative estimate of drug-likeness (QED) is 0.223. The summed E-state index contributed by atoms with van der Waals surface area (Å²) in [6.07, 6.45) is 1.41. The van der Waals surface area contributed by atoms with Crippen molar-refractivity contribution in [2.45, 2.75) is 13.8 Å². The zero-order valence-corrected chi connectivity index (χ0v) is 19.5. The van der Waals surface area contributed by atoms with Gasteiger partial charge >= 0.3 is 5.69 Å². The zero-order valence-electron chi connectivity index (χ0n) is 19.5. The van der Waals surface area contributed by atoms with Crippen molar-refractivity contribution in [1.29, 1.82) is 0 Å². The third-order valence-electron chi connectivity index (χ3n) is 4.75. The Morgan fingerprint density at radius 1 is 0.972 bits per heavy atom. The average Bonchev–Trinajstić information content (AvgIpc) is 2.85. The van der Waals surface area contributed by atoms with Gasteiger partial charge in [-0.2, -0.15) is 5.10 Å². The fraction of sp³-hybridized carbons (Fsp3) is 0.167. The lowest BCUT2D eigenvalue weighted by molar-refractivity contribution is -0.394. The molecule has 36 heavy (non-hydrogen) atoms. The Balaban J connectivity index is 1.68. The molecular weight excluding hydrogens is 470 g/mol. The summed E-state index contributed by atoms with van der Waals surface area (Å²) in [6.45, 7) is 4.03. The maximum Gasteiger partial charge on any atom is 0.318 e. The highest BCUT2D eigenvalue weighted by Crippen LogP contribution is 2.38. The molecule has 3 aromatic rings. The number of anilines is 1. The minimum Gasteiger partial charge on any atom is -0.490 e. The van der Waals surface area contributed by atoms with Crippen LogP contribution in [0.15, 0.2) is 65.8 Å². The van der Waals surface area contributed by atoms with Gasteiger partial charge in [0.05, 0.1) is 35.3 Å². The monoisotopic (exact) mass is 493 g/mol. The minimum atomic E-state index is -0.764. The number of hydrogen-bond acceptors (Lipinski definition) is 9. The topological polar surface area (TPSA) is 158 Å². The first-order chi connectivity index (χ1) is 17.3. The van der Waals surface area contributed by atoms with Crippen LogP contribution < -0.4 is 20.2 Å². The number of carbonyl (C=O) groups excluding carboxylic acids is 1. The second-order valence-electron chi connectivity index (χ2n) is 7.42. The first-order valence-corrected chi connectivity index (χ1v) is 10.8. The predicted molar refractivity (Wildman–Crippen MR) is 133 cm³/mol.